The molecule has 0 aliphatic carbocycles. The first-order valence-corrected chi connectivity index (χ1v) is 6.82. The molecule has 98 valence electrons. The molecule has 0 saturated carbocycles. The van der Waals surface area contributed by atoms with E-state index in [-0.39, 0.29) is 0 Å². The molecule has 2 rings (SSSR count). The quantitative estimate of drug-likeness (QED) is 0.669. The van der Waals surface area contributed by atoms with Crippen LogP contribution in [0.5, 0.6) is 0 Å². The molecule has 0 radical (unpaired) electrons. The molecule has 0 spiro atoms. The average molecular weight is 251 g/mol. The van der Waals surface area contributed by atoms with Gasteiger partial charge in [0.05, 0.1) is 5.69 Å². The van der Waals surface area contributed by atoms with E-state index in [1.807, 2.05) is 6.07 Å². The van der Waals surface area contributed by atoms with Gasteiger partial charge in [-0.05, 0) is 43.9 Å². The summed E-state index contributed by atoms with van der Waals surface area (Å²) in [5.41, 5.74) is 7.27. The van der Waals surface area contributed by atoms with Crippen LogP contribution in [0.2, 0.25) is 0 Å². The van der Waals surface area contributed by atoms with Gasteiger partial charge < -0.3 is 0 Å². The lowest BCUT2D eigenvalue weighted by molar-refractivity contribution is 1.23. The molecule has 0 amide bonds. The van der Waals surface area contributed by atoms with Crippen LogP contribution in [-0.2, 0) is 0 Å². The van der Waals surface area contributed by atoms with E-state index in [0.717, 1.165) is 17.8 Å². The van der Waals surface area contributed by atoms with Crippen LogP contribution in [0.3, 0.4) is 0 Å². The maximum absolute atomic E-state index is 4.90. The Balaban J connectivity index is 2.50. The van der Waals surface area contributed by atoms with Gasteiger partial charge in [-0.3, -0.25) is 4.99 Å². The maximum Gasteiger partial charge on any atom is 0.0691 e. The summed E-state index contributed by atoms with van der Waals surface area (Å²) in [5, 5.41) is 0. The van der Waals surface area contributed by atoms with Crippen molar-refractivity contribution in [2.24, 2.45) is 4.99 Å². The van der Waals surface area contributed by atoms with E-state index in [1.165, 1.54) is 22.3 Å². The van der Waals surface area contributed by atoms with Crippen molar-refractivity contribution in [3.63, 3.8) is 0 Å². The fourth-order valence-electron chi connectivity index (χ4n) is 2.46. The third-order valence-corrected chi connectivity index (χ3v) is 3.32. The topological polar surface area (TPSA) is 12.4 Å². The predicted molar refractivity (Wildman–Crippen MR) is 83.6 cm³/mol. The molecule has 0 saturated heterocycles. The second kappa shape index (κ2) is 5.83. The van der Waals surface area contributed by atoms with Crippen LogP contribution in [0.4, 0.5) is 5.69 Å². The van der Waals surface area contributed by atoms with Crippen LogP contribution in [0.25, 0.3) is 0 Å². The van der Waals surface area contributed by atoms with Crippen molar-refractivity contribution in [1.29, 1.82) is 0 Å². The van der Waals surface area contributed by atoms with Crippen molar-refractivity contribution in [1.82, 2.24) is 0 Å². The Morgan fingerprint density at radius 1 is 0.947 bits per heavy atom. The molecule has 1 nitrogen and oxygen atoms in total. The highest BCUT2D eigenvalue weighted by Gasteiger charge is 2.06. The number of hydrogen-bond donors (Lipinski definition) is 0. The third-order valence-electron chi connectivity index (χ3n) is 3.32. The number of hydrogen-bond acceptors (Lipinski definition) is 1. The Morgan fingerprint density at radius 3 is 2.05 bits per heavy atom. The molecule has 19 heavy (non-hydrogen) atoms. The van der Waals surface area contributed by atoms with E-state index < -0.39 is 0 Å². The molecule has 0 aromatic heterocycles. The van der Waals surface area contributed by atoms with E-state index in [0.29, 0.717) is 0 Å². The van der Waals surface area contributed by atoms with E-state index in [9.17, 15) is 0 Å². The lowest BCUT2D eigenvalue weighted by Crippen LogP contribution is -1.99. The highest BCUT2D eigenvalue weighted by atomic mass is 14.8. The summed E-state index contributed by atoms with van der Waals surface area (Å²) in [7, 11) is 0. The smallest absolute Gasteiger partial charge is 0.0691 e. The lowest BCUT2D eigenvalue weighted by atomic mass is 10.0. The summed E-state index contributed by atoms with van der Waals surface area (Å²) in [6, 6.07) is 14.8. The monoisotopic (exact) mass is 251 g/mol. The molecule has 0 unspecified atom stereocenters. The van der Waals surface area contributed by atoms with E-state index >= 15 is 0 Å². The summed E-state index contributed by atoms with van der Waals surface area (Å²) in [6.45, 7) is 8.56. The minimum Gasteiger partial charge on any atom is -0.252 e. The number of aliphatic imine (C=N–C) groups is 1. The molecular formula is C18H21N. The Bertz CT molecular complexity index is 571. The number of rotatable bonds is 3. The molecule has 0 heterocycles. The Hall–Kier alpha value is -1.89. The fraction of sp³-hybridized carbons (Fsp3) is 0.278. The van der Waals surface area contributed by atoms with Crippen LogP contribution in [0, 0.1) is 20.8 Å². The minimum atomic E-state index is 0.941. The summed E-state index contributed by atoms with van der Waals surface area (Å²) < 4.78 is 0. The average Bonchev–Trinajstić information content (AvgIpc) is 2.39. The third kappa shape index (κ3) is 3.11. The van der Waals surface area contributed by atoms with E-state index in [1.54, 1.807) is 0 Å². The first-order chi connectivity index (χ1) is 9.11. The molecule has 0 aliphatic heterocycles. The van der Waals surface area contributed by atoms with Gasteiger partial charge in [0, 0.05) is 5.71 Å². The molecule has 2 aromatic carbocycles. The fourth-order valence-corrected chi connectivity index (χ4v) is 2.46. The summed E-state index contributed by atoms with van der Waals surface area (Å²) >= 11 is 0. The van der Waals surface area contributed by atoms with Gasteiger partial charge in [0.1, 0.15) is 0 Å². The molecular weight excluding hydrogens is 230 g/mol. The number of nitrogens with zero attached hydrogens (tertiary/aromatic N) is 1. The zero-order chi connectivity index (χ0) is 13.8. The molecule has 0 bridgehead atoms. The van der Waals surface area contributed by atoms with Gasteiger partial charge in [0.2, 0.25) is 0 Å². The maximum atomic E-state index is 4.90. The van der Waals surface area contributed by atoms with Crippen LogP contribution in [-0.4, -0.2) is 5.71 Å². The number of aryl methyl sites for hydroxylation is 3. The van der Waals surface area contributed by atoms with Crippen LogP contribution in [0.15, 0.2) is 47.5 Å². The SMILES string of the molecule is CC/C(=N\c1c(C)cc(C)cc1C)c1ccccc1. The first-order valence-electron chi connectivity index (χ1n) is 6.82. The molecule has 0 fully saturated rings. The molecule has 0 aliphatic rings. The normalized spacial score (nSPS) is 11.7. The van der Waals surface area contributed by atoms with Crippen molar-refractivity contribution in [2.75, 3.05) is 0 Å². The second-order valence-corrected chi connectivity index (χ2v) is 5.03. The largest absolute Gasteiger partial charge is 0.252 e. The van der Waals surface area contributed by atoms with Crippen molar-refractivity contribution >= 4 is 11.4 Å². The highest BCUT2D eigenvalue weighted by Crippen LogP contribution is 2.26. The Kier molecular flexibility index (Phi) is 4.16. The van der Waals surface area contributed by atoms with Gasteiger partial charge in [0.15, 0.2) is 0 Å². The van der Waals surface area contributed by atoms with Gasteiger partial charge in [-0.25, -0.2) is 0 Å². The van der Waals surface area contributed by atoms with E-state index in [4.69, 9.17) is 4.99 Å². The van der Waals surface area contributed by atoms with Crippen molar-refractivity contribution in [2.45, 2.75) is 34.1 Å². The minimum absolute atomic E-state index is 0.941. The molecule has 0 N–H and O–H groups in total. The standard InChI is InChI=1S/C18H21N/c1-5-17(16-9-7-6-8-10-16)19-18-14(3)11-13(2)12-15(18)4/h6-12H,5H2,1-4H3/b19-17+. The first kappa shape index (κ1) is 13.5. The van der Waals surface area contributed by atoms with Crippen molar-refractivity contribution in [3.8, 4) is 0 Å². The Morgan fingerprint density at radius 2 is 1.53 bits per heavy atom. The van der Waals surface area contributed by atoms with Gasteiger partial charge in [-0.1, -0.05) is 55.0 Å². The highest BCUT2D eigenvalue weighted by molar-refractivity contribution is 6.02. The molecule has 2 aromatic rings. The van der Waals surface area contributed by atoms with Crippen LogP contribution < -0.4 is 0 Å². The lowest BCUT2D eigenvalue weighted by Gasteiger charge is -2.10. The predicted octanol–water partition coefficient (Wildman–Crippen LogP) is 5.14. The van der Waals surface area contributed by atoms with Gasteiger partial charge in [-0.15, -0.1) is 0 Å². The number of benzene rings is 2. The van der Waals surface area contributed by atoms with Crippen LogP contribution >= 0.6 is 0 Å². The molecule has 0 atom stereocenters. The van der Waals surface area contributed by atoms with Crippen molar-refractivity contribution in [3.05, 3.63) is 64.7 Å². The van der Waals surface area contributed by atoms with Gasteiger partial charge >= 0.3 is 0 Å². The summed E-state index contributed by atoms with van der Waals surface area (Å²) in [5.74, 6) is 0. The van der Waals surface area contributed by atoms with E-state index in [2.05, 4.69) is 64.1 Å². The Labute approximate surface area is 116 Å². The van der Waals surface area contributed by atoms with Crippen molar-refractivity contribution < 1.29 is 0 Å². The molecule has 1 heteroatoms. The summed E-state index contributed by atoms with van der Waals surface area (Å²) in [6.07, 6.45) is 0.941. The summed E-state index contributed by atoms with van der Waals surface area (Å²) in [4.78, 5) is 4.90. The van der Waals surface area contributed by atoms with Crippen LogP contribution in [0.1, 0.15) is 35.6 Å². The zero-order valence-electron chi connectivity index (χ0n) is 12.2. The second-order valence-electron chi connectivity index (χ2n) is 5.03. The zero-order valence-corrected chi connectivity index (χ0v) is 12.2. The van der Waals surface area contributed by atoms with Gasteiger partial charge in [0.25, 0.3) is 0 Å². The van der Waals surface area contributed by atoms with Gasteiger partial charge in [-0.2, -0.15) is 0 Å².